The lowest BCUT2D eigenvalue weighted by Gasteiger charge is -2.20. The number of anilines is 2. The number of carbonyl (C=O) groups excluding carboxylic acids is 3. The maximum Gasteiger partial charge on any atom is 0.337 e. The summed E-state index contributed by atoms with van der Waals surface area (Å²) in [5.41, 5.74) is 2.26. The first-order chi connectivity index (χ1) is 14.4. The van der Waals surface area contributed by atoms with Gasteiger partial charge in [0.15, 0.2) is 0 Å². The molecule has 2 aromatic carbocycles. The molecular weight excluding hydrogens is 386 g/mol. The van der Waals surface area contributed by atoms with Crippen molar-refractivity contribution in [1.29, 1.82) is 0 Å². The van der Waals surface area contributed by atoms with Crippen LogP contribution in [-0.4, -0.2) is 56.5 Å². The Hall–Kier alpha value is -3.39. The van der Waals surface area contributed by atoms with Crippen molar-refractivity contribution in [3.8, 4) is 5.75 Å². The second-order valence-electron chi connectivity index (χ2n) is 6.62. The van der Waals surface area contributed by atoms with E-state index in [0.29, 0.717) is 29.2 Å². The monoisotopic (exact) mass is 413 g/mol. The highest BCUT2D eigenvalue weighted by Crippen LogP contribution is 2.23. The van der Waals surface area contributed by atoms with Crippen molar-refractivity contribution in [2.24, 2.45) is 0 Å². The van der Waals surface area contributed by atoms with Gasteiger partial charge >= 0.3 is 5.97 Å². The Morgan fingerprint density at radius 2 is 1.57 bits per heavy atom. The van der Waals surface area contributed by atoms with Crippen LogP contribution in [0.5, 0.6) is 5.75 Å². The maximum atomic E-state index is 12.5. The fourth-order valence-corrected chi connectivity index (χ4v) is 2.81. The molecule has 0 saturated heterocycles. The normalized spacial score (nSPS) is 10.4. The highest BCUT2D eigenvalue weighted by atomic mass is 16.5. The highest BCUT2D eigenvalue weighted by molar-refractivity contribution is 5.97. The minimum Gasteiger partial charge on any atom is -0.495 e. The molecule has 0 aromatic heterocycles. The SMILES string of the molecule is CCN(CC(=O)Nc1cc(C(=O)OC)ccc1C)CC(=O)Nc1ccccc1OC. The Morgan fingerprint density at radius 3 is 2.17 bits per heavy atom. The van der Waals surface area contributed by atoms with E-state index in [1.165, 1.54) is 14.2 Å². The smallest absolute Gasteiger partial charge is 0.337 e. The first-order valence-electron chi connectivity index (χ1n) is 9.52. The van der Waals surface area contributed by atoms with Crippen molar-refractivity contribution in [2.45, 2.75) is 13.8 Å². The number of methoxy groups -OCH3 is 2. The minimum atomic E-state index is -0.478. The molecule has 0 saturated carbocycles. The molecule has 0 atom stereocenters. The average Bonchev–Trinajstić information content (AvgIpc) is 2.74. The van der Waals surface area contributed by atoms with Crippen LogP contribution in [0.3, 0.4) is 0 Å². The van der Waals surface area contributed by atoms with Gasteiger partial charge in [-0.2, -0.15) is 0 Å². The van der Waals surface area contributed by atoms with E-state index in [9.17, 15) is 14.4 Å². The summed E-state index contributed by atoms with van der Waals surface area (Å²) in [7, 11) is 2.83. The van der Waals surface area contributed by atoms with Gasteiger partial charge in [-0.25, -0.2) is 4.79 Å². The molecule has 8 heteroatoms. The molecule has 0 aliphatic carbocycles. The molecule has 2 amide bonds. The van der Waals surface area contributed by atoms with Gasteiger partial charge in [0.25, 0.3) is 0 Å². The second-order valence-corrected chi connectivity index (χ2v) is 6.62. The van der Waals surface area contributed by atoms with Gasteiger partial charge < -0.3 is 20.1 Å². The summed E-state index contributed by atoms with van der Waals surface area (Å²) in [6.07, 6.45) is 0. The number of esters is 1. The van der Waals surface area contributed by atoms with Gasteiger partial charge in [-0.3, -0.25) is 14.5 Å². The van der Waals surface area contributed by atoms with E-state index in [1.807, 2.05) is 19.9 Å². The third-order valence-corrected chi connectivity index (χ3v) is 4.50. The Morgan fingerprint density at radius 1 is 0.933 bits per heavy atom. The minimum absolute atomic E-state index is 0.0255. The van der Waals surface area contributed by atoms with Crippen LogP contribution in [0.1, 0.15) is 22.8 Å². The number of para-hydroxylation sites is 2. The summed E-state index contributed by atoms with van der Waals surface area (Å²) in [6.45, 7) is 4.27. The van der Waals surface area contributed by atoms with Crippen LogP contribution in [0.15, 0.2) is 42.5 Å². The van der Waals surface area contributed by atoms with Crippen molar-refractivity contribution >= 4 is 29.2 Å². The molecule has 0 aliphatic rings. The molecule has 2 aromatic rings. The van der Waals surface area contributed by atoms with Crippen LogP contribution in [-0.2, 0) is 14.3 Å². The predicted octanol–water partition coefficient (Wildman–Crippen LogP) is 2.69. The topological polar surface area (TPSA) is 97.0 Å². The highest BCUT2D eigenvalue weighted by Gasteiger charge is 2.16. The molecular formula is C22H27N3O5. The second kappa shape index (κ2) is 11.0. The summed E-state index contributed by atoms with van der Waals surface area (Å²) in [5.74, 6) is -0.452. The van der Waals surface area contributed by atoms with E-state index < -0.39 is 5.97 Å². The average molecular weight is 413 g/mol. The number of nitrogens with one attached hydrogen (secondary N) is 2. The fraction of sp³-hybridized carbons (Fsp3) is 0.318. The molecule has 160 valence electrons. The van der Waals surface area contributed by atoms with Crippen molar-refractivity contribution in [1.82, 2.24) is 4.90 Å². The van der Waals surface area contributed by atoms with Crippen molar-refractivity contribution < 1.29 is 23.9 Å². The summed E-state index contributed by atoms with van der Waals surface area (Å²) in [4.78, 5) is 38.3. The Labute approximate surface area is 176 Å². The number of benzene rings is 2. The number of carbonyl (C=O) groups is 3. The molecule has 2 rings (SSSR count). The molecule has 0 heterocycles. The van der Waals surface area contributed by atoms with Crippen LogP contribution in [0, 0.1) is 6.92 Å². The lowest BCUT2D eigenvalue weighted by atomic mass is 10.1. The van der Waals surface area contributed by atoms with Crippen LogP contribution in [0.4, 0.5) is 11.4 Å². The standard InChI is InChI=1S/C22H27N3O5/c1-5-25(13-20(26)23-17-8-6-7-9-19(17)29-3)14-21(27)24-18-12-16(22(28)30-4)11-10-15(18)2/h6-12H,5,13-14H2,1-4H3,(H,23,26)(H,24,27). The van der Waals surface area contributed by atoms with Gasteiger partial charge in [0, 0.05) is 5.69 Å². The zero-order valence-electron chi connectivity index (χ0n) is 17.7. The van der Waals surface area contributed by atoms with Crippen molar-refractivity contribution in [2.75, 3.05) is 44.5 Å². The quantitative estimate of drug-likeness (QED) is 0.614. The van der Waals surface area contributed by atoms with Gasteiger partial charge in [0.05, 0.1) is 38.6 Å². The number of hydrogen-bond donors (Lipinski definition) is 2. The van der Waals surface area contributed by atoms with E-state index in [0.717, 1.165) is 5.56 Å². The number of ether oxygens (including phenoxy) is 2. The number of likely N-dealkylation sites (N-methyl/N-ethyl adjacent to an activating group) is 1. The van der Waals surface area contributed by atoms with E-state index in [1.54, 1.807) is 41.3 Å². The van der Waals surface area contributed by atoms with Gasteiger partial charge in [-0.15, -0.1) is 0 Å². The maximum absolute atomic E-state index is 12.5. The third-order valence-electron chi connectivity index (χ3n) is 4.50. The molecule has 0 aliphatic heterocycles. The number of nitrogens with zero attached hydrogens (tertiary/aromatic N) is 1. The lowest BCUT2D eigenvalue weighted by molar-refractivity contribution is -0.119. The largest absolute Gasteiger partial charge is 0.495 e. The van der Waals surface area contributed by atoms with Crippen LogP contribution in [0.25, 0.3) is 0 Å². The molecule has 0 radical (unpaired) electrons. The predicted molar refractivity (Wildman–Crippen MR) is 115 cm³/mol. The Bertz CT molecular complexity index is 913. The van der Waals surface area contributed by atoms with E-state index in [2.05, 4.69) is 10.6 Å². The summed E-state index contributed by atoms with van der Waals surface area (Å²) >= 11 is 0. The number of rotatable bonds is 9. The Balaban J connectivity index is 1.98. The molecule has 8 nitrogen and oxygen atoms in total. The summed E-state index contributed by atoms with van der Waals surface area (Å²) in [5, 5.41) is 5.59. The number of amides is 2. The van der Waals surface area contributed by atoms with E-state index >= 15 is 0 Å². The van der Waals surface area contributed by atoms with E-state index in [4.69, 9.17) is 9.47 Å². The first-order valence-corrected chi connectivity index (χ1v) is 9.52. The third kappa shape index (κ3) is 6.31. The fourth-order valence-electron chi connectivity index (χ4n) is 2.81. The van der Waals surface area contributed by atoms with Crippen molar-refractivity contribution in [3.05, 3.63) is 53.6 Å². The van der Waals surface area contributed by atoms with E-state index in [-0.39, 0.29) is 24.9 Å². The van der Waals surface area contributed by atoms with Crippen LogP contribution >= 0.6 is 0 Å². The zero-order chi connectivity index (χ0) is 22.1. The summed E-state index contributed by atoms with van der Waals surface area (Å²) < 4.78 is 9.94. The zero-order valence-corrected chi connectivity index (χ0v) is 17.7. The van der Waals surface area contributed by atoms with Crippen LogP contribution in [0.2, 0.25) is 0 Å². The molecule has 0 bridgehead atoms. The molecule has 0 unspecified atom stereocenters. The molecule has 30 heavy (non-hydrogen) atoms. The Kier molecular flexibility index (Phi) is 8.37. The van der Waals surface area contributed by atoms with Gasteiger partial charge in [0.1, 0.15) is 5.75 Å². The van der Waals surface area contributed by atoms with Crippen molar-refractivity contribution in [3.63, 3.8) is 0 Å². The van der Waals surface area contributed by atoms with Crippen LogP contribution < -0.4 is 15.4 Å². The first kappa shape index (κ1) is 22.9. The number of hydrogen-bond acceptors (Lipinski definition) is 6. The molecule has 0 spiro atoms. The lowest BCUT2D eigenvalue weighted by Crippen LogP contribution is -2.38. The summed E-state index contributed by atoms with van der Waals surface area (Å²) in [6, 6.07) is 12.1. The van der Waals surface area contributed by atoms with Gasteiger partial charge in [0.2, 0.25) is 11.8 Å². The van der Waals surface area contributed by atoms with Gasteiger partial charge in [-0.05, 0) is 43.3 Å². The number of aryl methyl sites for hydroxylation is 1. The molecule has 0 fully saturated rings. The van der Waals surface area contributed by atoms with Gasteiger partial charge in [-0.1, -0.05) is 25.1 Å². The molecule has 2 N–H and O–H groups in total.